The Morgan fingerprint density at radius 2 is 1.69 bits per heavy atom. The summed E-state index contributed by atoms with van der Waals surface area (Å²) < 4.78 is 0. The van der Waals surface area contributed by atoms with Gasteiger partial charge in [0.05, 0.1) is 11.1 Å². The molecule has 2 aromatic heterocycles. The number of amides is 2. The van der Waals surface area contributed by atoms with Gasteiger partial charge in [0.15, 0.2) is 0 Å². The number of hydrogen-bond acceptors (Lipinski definition) is 4. The summed E-state index contributed by atoms with van der Waals surface area (Å²) in [6.45, 7) is 2.27. The Hall–Kier alpha value is -3.54. The van der Waals surface area contributed by atoms with Crippen molar-refractivity contribution < 1.29 is 9.59 Å². The van der Waals surface area contributed by atoms with Gasteiger partial charge in [-0.15, -0.1) is 0 Å². The third kappa shape index (κ3) is 4.30. The highest BCUT2D eigenvalue weighted by Crippen LogP contribution is 2.15. The van der Waals surface area contributed by atoms with Gasteiger partial charge in [-0.05, 0) is 36.2 Å². The maximum absolute atomic E-state index is 12.4. The number of para-hydroxylation sites is 1. The number of nitrogens with zero attached hydrogens (tertiary/aromatic N) is 2. The third-order valence-corrected chi connectivity index (χ3v) is 3.83. The van der Waals surface area contributed by atoms with Crippen LogP contribution in [0.4, 0.5) is 5.69 Å². The fraction of sp³-hybridized carbons (Fsp3) is 0.100. The first kappa shape index (κ1) is 17.3. The molecule has 0 aliphatic carbocycles. The van der Waals surface area contributed by atoms with Crippen molar-refractivity contribution in [1.29, 1.82) is 0 Å². The Kier molecular flexibility index (Phi) is 5.34. The van der Waals surface area contributed by atoms with Gasteiger partial charge >= 0.3 is 0 Å². The molecule has 0 fully saturated rings. The van der Waals surface area contributed by atoms with Crippen LogP contribution in [0, 0.1) is 6.92 Å². The summed E-state index contributed by atoms with van der Waals surface area (Å²) in [6.07, 6.45) is 6.23. The normalized spacial score (nSPS) is 10.2. The summed E-state index contributed by atoms with van der Waals surface area (Å²) in [5.74, 6) is -0.611. The minimum atomic E-state index is -0.311. The van der Waals surface area contributed by atoms with Gasteiger partial charge in [-0.1, -0.05) is 24.3 Å². The van der Waals surface area contributed by atoms with Crippen molar-refractivity contribution in [2.45, 2.75) is 13.5 Å². The fourth-order valence-electron chi connectivity index (χ4n) is 2.38. The minimum Gasteiger partial charge on any atom is -0.348 e. The van der Waals surface area contributed by atoms with Crippen LogP contribution < -0.4 is 10.6 Å². The number of benzene rings is 1. The molecule has 0 saturated carbocycles. The molecule has 0 unspecified atom stereocenters. The maximum Gasteiger partial charge on any atom is 0.257 e. The van der Waals surface area contributed by atoms with Crippen LogP contribution in [-0.4, -0.2) is 21.8 Å². The van der Waals surface area contributed by atoms with Crippen molar-refractivity contribution >= 4 is 17.5 Å². The van der Waals surface area contributed by atoms with Crippen LogP contribution in [0.2, 0.25) is 0 Å². The molecule has 3 rings (SSSR count). The number of pyridine rings is 2. The van der Waals surface area contributed by atoms with Gasteiger partial charge < -0.3 is 10.6 Å². The first-order chi connectivity index (χ1) is 12.6. The van der Waals surface area contributed by atoms with Gasteiger partial charge in [0, 0.05) is 37.0 Å². The number of nitrogens with one attached hydrogen (secondary N) is 2. The summed E-state index contributed by atoms with van der Waals surface area (Å²) in [5, 5.41) is 5.62. The molecule has 2 heterocycles. The second kappa shape index (κ2) is 8.02. The van der Waals surface area contributed by atoms with Gasteiger partial charge in [0.2, 0.25) is 0 Å². The zero-order chi connectivity index (χ0) is 18.4. The molecule has 2 amide bonds. The molecule has 0 aliphatic heterocycles. The molecule has 2 N–H and O–H groups in total. The second-order valence-electron chi connectivity index (χ2n) is 5.78. The Balaban J connectivity index is 1.68. The third-order valence-electron chi connectivity index (χ3n) is 3.83. The van der Waals surface area contributed by atoms with Crippen molar-refractivity contribution in [3.63, 3.8) is 0 Å². The Bertz CT molecular complexity index is 926. The molecule has 6 nitrogen and oxygen atoms in total. The summed E-state index contributed by atoms with van der Waals surface area (Å²) in [6, 6.07) is 12.7. The predicted octanol–water partition coefficient (Wildman–Crippen LogP) is 2.97. The van der Waals surface area contributed by atoms with Crippen molar-refractivity contribution in [1.82, 2.24) is 15.3 Å². The van der Waals surface area contributed by atoms with Crippen LogP contribution in [0.3, 0.4) is 0 Å². The Labute approximate surface area is 151 Å². The van der Waals surface area contributed by atoms with E-state index >= 15 is 0 Å². The lowest BCUT2D eigenvalue weighted by Crippen LogP contribution is -2.23. The monoisotopic (exact) mass is 346 g/mol. The van der Waals surface area contributed by atoms with E-state index in [0.29, 0.717) is 17.7 Å². The van der Waals surface area contributed by atoms with Crippen molar-refractivity contribution in [2.75, 3.05) is 5.32 Å². The molecule has 130 valence electrons. The first-order valence-corrected chi connectivity index (χ1v) is 8.12. The molecule has 3 aromatic rings. The summed E-state index contributed by atoms with van der Waals surface area (Å²) in [4.78, 5) is 32.7. The average molecular weight is 346 g/mol. The first-order valence-electron chi connectivity index (χ1n) is 8.12. The van der Waals surface area contributed by atoms with E-state index in [1.807, 2.05) is 37.3 Å². The lowest BCUT2D eigenvalue weighted by atomic mass is 10.1. The van der Waals surface area contributed by atoms with Crippen molar-refractivity contribution in [3.05, 3.63) is 89.5 Å². The highest BCUT2D eigenvalue weighted by Gasteiger charge is 2.12. The van der Waals surface area contributed by atoms with Crippen molar-refractivity contribution in [3.8, 4) is 0 Å². The predicted molar refractivity (Wildman–Crippen MR) is 98.8 cm³/mol. The van der Waals surface area contributed by atoms with E-state index in [9.17, 15) is 9.59 Å². The van der Waals surface area contributed by atoms with Crippen LogP contribution in [0.15, 0.2) is 67.3 Å². The largest absolute Gasteiger partial charge is 0.348 e. The van der Waals surface area contributed by atoms with Gasteiger partial charge in [-0.3, -0.25) is 19.6 Å². The smallest absolute Gasteiger partial charge is 0.257 e. The van der Waals surface area contributed by atoms with Crippen LogP contribution in [0.1, 0.15) is 31.8 Å². The Morgan fingerprint density at radius 3 is 2.42 bits per heavy atom. The topological polar surface area (TPSA) is 84.0 Å². The van der Waals surface area contributed by atoms with Crippen LogP contribution in [0.25, 0.3) is 0 Å². The lowest BCUT2D eigenvalue weighted by Gasteiger charge is -2.09. The summed E-state index contributed by atoms with van der Waals surface area (Å²) in [5.41, 5.74) is 3.22. The molecule has 6 heteroatoms. The molecular formula is C20H18N4O2. The van der Waals surface area contributed by atoms with E-state index < -0.39 is 0 Å². The number of carbonyl (C=O) groups excluding carboxylic acids is 2. The quantitative estimate of drug-likeness (QED) is 0.744. The minimum absolute atomic E-state index is 0.299. The molecule has 0 bridgehead atoms. The molecular weight excluding hydrogens is 328 g/mol. The lowest BCUT2D eigenvalue weighted by molar-refractivity contribution is 0.0950. The SMILES string of the molecule is Cc1ccccc1NC(=O)c1cncc(C(=O)NCc2cccnc2)c1. The van der Waals surface area contributed by atoms with Crippen LogP contribution in [-0.2, 0) is 6.54 Å². The fourth-order valence-corrected chi connectivity index (χ4v) is 2.38. The van der Waals surface area contributed by atoms with Crippen LogP contribution >= 0.6 is 0 Å². The maximum atomic E-state index is 12.4. The highest BCUT2D eigenvalue weighted by molar-refractivity contribution is 6.06. The van der Waals surface area contributed by atoms with Gasteiger partial charge in [-0.25, -0.2) is 0 Å². The summed E-state index contributed by atoms with van der Waals surface area (Å²) in [7, 11) is 0. The van der Waals surface area contributed by atoms with E-state index in [1.165, 1.54) is 18.5 Å². The second-order valence-corrected chi connectivity index (χ2v) is 5.78. The summed E-state index contributed by atoms with van der Waals surface area (Å²) >= 11 is 0. The number of carbonyl (C=O) groups is 2. The number of anilines is 1. The van der Waals surface area contributed by atoms with E-state index in [4.69, 9.17) is 0 Å². The molecule has 1 aromatic carbocycles. The van der Waals surface area contributed by atoms with E-state index in [1.54, 1.807) is 18.5 Å². The average Bonchev–Trinajstić information content (AvgIpc) is 2.69. The van der Waals surface area contributed by atoms with Crippen molar-refractivity contribution in [2.24, 2.45) is 0 Å². The van der Waals surface area contributed by atoms with Gasteiger partial charge in [0.1, 0.15) is 0 Å². The zero-order valence-corrected chi connectivity index (χ0v) is 14.3. The molecule has 0 aliphatic rings. The molecule has 0 saturated heterocycles. The number of rotatable bonds is 5. The Morgan fingerprint density at radius 1 is 0.923 bits per heavy atom. The van der Waals surface area contributed by atoms with Gasteiger partial charge in [-0.2, -0.15) is 0 Å². The molecule has 0 atom stereocenters. The highest BCUT2D eigenvalue weighted by atomic mass is 16.2. The standard InChI is InChI=1S/C20H18N4O2/c1-14-5-2-3-7-18(14)24-20(26)17-9-16(12-22-13-17)19(25)23-11-15-6-4-8-21-10-15/h2-10,12-13H,11H2,1H3,(H,23,25)(H,24,26). The molecule has 0 spiro atoms. The van der Waals surface area contributed by atoms with E-state index in [-0.39, 0.29) is 11.8 Å². The molecule has 0 radical (unpaired) electrons. The van der Waals surface area contributed by atoms with Gasteiger partial charge in [0.25, 0.3) is 11.8 Å². The van der Waals surface area contributed by atoms with Crippen LogP contribution in [0.5, 0.6) is 0 Å². The number of aromatic nitrogens is 2. The zero-order valence-electron chi connectivity index (χ0n) is 14.3. The van der Waals surface area contributed by atoms with E-state index in [2.05, 4.69) is 20.6 Å². The molecule has 26 heavy (non-hydrogen) atoms. The van der Waals surface area contributed by atoms with E-state index in [0.717, 1.165) is 16.8 Å². The number of hydrogen-bond donors (Lipinski definition) is 2. The number of aryl methyl sites for hydroxylation is 1.